The van der Waals surface area contributed by atoms with Crippen molar-refractivity contribution in [3.8, 4) is 5.75 Å². The second-order valence-corrected chi connectivity index (χ2v) is 5.37. The van der Waals surface area contributed by atoms with Crippen molar-refractivity contribution in [1.82, 2.24) is 10.9 Å². The first-order valence-electron chi connectivity index (χ1n) is 7.35. The fourth-order valence-electron chi connectivity index (χ4n) is 1.98. The Balaban J connectivity index is 1.92. The van der Waals surface area contributed by atoms with Gasteiger partial charge in [-0.25, -0.2) is 0 Å². The second kappa shape index (κ2) is 8.67. The minimum absolute atomic E-state index is 0.0167. The standard InChI is InChI=1S/C16H15ClN4O5/c1-18-12-7-6-10(8-13(12)21(24)25)16(23)20-19-15(22)9-26-14-5-3-2-4-11(14)17/h2-8,18H,9H2,1H3,(H,19,22)(H,20,23). The summed E-state index contributed by atoms with van der Waals surface area (Å²) >= 11 is 5.89. The van der Waals surface area contributed by atoms with Gasteiger partial charge in [0.05, 0.1) is 9.95 Å². The fourth-order valence-corrected chi connectivity index (χ4v) is 2.17. The maximum absolute atomic E-state index is 12.0. The molecule has 0 fully saturated rings. The molecule has 0 unspecified atom stereocenters. The molecule has 0 aromatic heterocycles. The van der Waals surface area contributed by atoms with E-state index in [1.54, 1.807) is 24.3 Å². The molecule has 0 radical (unpaired) electrons. The van der Waals surface area contributed by atoms with Gasteiger partial charge in [-0.3, -0.25) is 30.6 Å². The third-order valence-electron chi connectivity index (χ3n) is 3.24. The average Bonchev–Trinajstić information content (AvgIpc) is 2.64. The SMILES string of the molecule is CNc1ccc(C(=O)NNC(=O)COc2ccccc2Cl)cc1[N+](=O)[O-]. The van der Waals surface area contributed by atoms with E-state index in [0.717, 1.165) is 6.07 Å². The van der Waals surface area contributed by atoms with E-state index < -0.39 is 16.7 Å². The number of hydrogen-bond donors (Lipinski definition) is 3. The number of nitro groups is 1. The van der Waals surface area contributed by atoms with Crippen LogP contribution in [0.5, 0.6) is 5.75 Å². The van der Waals surface area contributed by atoms with Crippen LogP contribution in [-0.4, -0.2) is 30.4 Å². The van der Waals surface area contributed by atoms with Crippen LogP contribution in [0.1, 0.15) is 10.4 Å². The van der Waals surface area contributed by atoms with E-state index in [0.29, 0.717) is 10.8 Å². The molecule has 0 saturated heterocycles. The summed E-state index contributed by atoms with van der Waals surface area (Å²) in [4.78, 5) is 34.1. The lowest BCUT2D eigenvalue weighted by Crippen LogP contribution is -2.43. The number of carbonyl (C=O) groups excluding carboxylic acids is 2. The number of halogens is 1. The van der Waals surface area contributed by atoms with Crippen LogP contribution in [0.25, 0.3) is 0 Å². The number of rotatable bonds is 6. The third-order valence-corrected chi connectivity index (χ3v) is 3.55. The molecule has 2 aromatic carbocycles. The van der Waals surface area contributed by atoms with Crippen molar-refractivity contribution >= 4 is 34.8 Å². The largest absolute Gasteiger partial charge is 0.482 e. The Labute approximate surface area is 153 Å². The summed E-state index contributed by atoms with van der Waals surface area (Å²) < 4.78 is 5.22. The van der Waals surface area contributed by atoms with E-state index in [-0.39, 0.29) is 23.5 Å². The van der Waals surface area contributed by atoms with Crippen molar-refractivity contribution in [1.29, 1.82) is 0 Å². The highest BCUT2D eigenvalue weighted by Gasteiger charge is 2.17. The van der Waals surface area contributed by atoms with Crippen LogP contribution in [0.3, 0.4) is 0 Å². The lowest BCUT2D eigenvalue weighted by atomic mass is 10.1. The van der Waals surface area contributed by atoms with E-state index in [1.165, 1.54) is 19.2 Å². The Bertz CT molecular complexity index is 843. The Morgan fingerprint density at radius 1 is 1.19 bits per heavy atom. The summed E-state index contributed by atoms with van der Waals surface area (Å²) in [5, 5.41) is 14.0. The predicted molar refractivity (Wildman–Crippen MR) is 95.2 cm³/mol. The Hall–Kier alpha value is -3.33. The van der Waals surface area contributed by atoms with Gasteiger partial charge in [0, 0.05) is 18.7 Å². The molecular formula is C16H15ClN4O5. The minimum atomic E-state index is -0.707. The number of hydrogen-bond acceptors (Lipinski definition) is 6. The number of hydrazine groups is 1. The van der Waals surface area contributed by atoms with Crippen molar-refractivity contribution in [2.24, 2.45) is 0 Å². The Morgan fingerprint density at radius 2 is 1.92 bits per heavy atom. The van der Waals surface area contributed by atoms with Crippen molar-refractivity contribution < 1.29 is 19.2 Å². The minimum Gasteiger partial charge on any atom is -0.482 e. The summed E-state index contributed by atoms with van der Waals surface area (Å²) in [5.74, 6) is -1.00. The van der Waals surface area contributed by atoms with Gasteiger partial charge in [0.1, 0.15) is 11.4 Å². The van der Waals surface area contributed by atoms with Gasteiger partial charge in [-0.1, -0.05) is 23.7 Å². The highest BCUT2D eigenvalue weighted by molar-refractivity contribution is 6.32. The summed E-state index contributed by atoms with van der Waals surface area (Å²) in [5.41, 5.74) is 4.34. The Morgan fingerprint density at radius 3 is 2.58 bits per heavy atom. The quantitative estimate of drug-likeness (QED) is 0.522. The van der Waals surface area contributed by atoms with Gasteiger partial charge in [0.25, 0.3) is 17.5 Å². The van der Waals surface area contributed by atoms with Gasteiger partial charge >= 0.3 is 0 Å². The molecule has 9 nitrogen and oxygen atoms in total. The highest BCUT2D eigenvalue weighted by atomic mass is 35.5. The van der Waals surface area contributed by atoms with Gasteiger partial charge in [-0.15, -0.1) is 0 Å². The zero-order valence-corrected chi connectivity index (χ0v) is 14.4. The van der Waals surface area contributed by atoms with Gasteiger partial charge < -0.3 is 10.1 Å². The first-order chi connectivity index (χ1) is 12.4. The molecule has 26 heavy (non-hydrogen) atoms. The van der Waals surface area contributed by atoms with Crippen molar-refractivity contribution in [2.45, 2.75) is 0 Å². The lowest BCUT2D eigenvalue weighted by Gasteiger charge is -2.10. The zero-order chi connectivity index (χ0) is 19.1. The van der Waals surface area contributed by atoms with E-state index in [4.69, 9.17) is 16.3 Å². The number of nitro benzene ring substituents is 1. The number of carbonyl (C=O) groups is 2. The summed E-state index contributed by atoms with van der Waals surface area (Å²) in [6.45, 7) is -0.372. The molecule has 0 aliphatic rings. The summed E-state index contributed by atoms with van der Waals surface area (Å²) in [6, 6.07) is 10.5. The van der Waals surface area contributed by atoms with E-state index in [2.05, 4.69) is 16.2 Å². The molecule has 136 valence electrons. The van der Waals surface area contributed by atoms with E-state index in [1.807, 2.05) is 0 Å². The summed E-state index contributed by atoms with van der Waals surface area (Å²) in [7, 11) is 1.53. The maximum Gasteiger partial charge on any atom is 0.293 e. The van der Waals surface area contributed by atoms with Crippen LogP contribution in [0.2, 0.25) is 5.02 Å². The first kappa shape index (κ1) is 19.0. The van der Waals surface area contributed by atoms with Gasteiger partial charge in [0.15, 0.2) is 6.61 Å². The molecule has 0 saturated carbocycles. The fraction of sp³-hybridized carbons (Fsp3) is 0.125. The average molecular weight is 379 g/mol. The van der Waals surface area contributed by atoms with Gasteiger partial charge in [0.2, 0.25) is 0 Å². The van der Waals surface area contributed by atoms with Crippen LogP contribution in [0, 0.1) is 10.1 Å². The normalized spacial score (nSPS) is 9.92. The molecule has 0 heterocycles. The van der Waals surface area contributed by atoms with Crippen LogP contribution in [-0.2, 0) is 4.79 Å². The molecule has 2 aromatic rings. The number of nitrogens with one attached hydrogen (secondary N) is 3. The van der Waals surface area contributed by atoms with Gasteiger partial charge in [-0.2, -0.15) is 0 Å². The van der Waals surface area contributed by atoms with Gasteiger partial charge in [-0.05, 0) is 24.3 Å². The van der Waals surface area contributed by atoms with E-state index >= 15 is 0 Å². The third kappa shape index (κ3) is 4.84. The molecule has 3 N–H and O–H groups in total. The van der Waals surface area contributed by atoms with Crippen molar-refractivity contribution in [3.63, 3.8) is 0 Å². The highest BCUT2D eigenvalue weighted by Crippen LogP contribution is 2.25. The first-order valence-corrected chi connectivity index (χ1v) is 7.73. The topological polar surface area (TPSA) is 123 Å². The molecule has 0 atom stereocenters. The van der Waals surface area contributed by atoms with Crippen LogP contribution in [0.4, 0.5) is 11.4 Å². The molecule has 0 aliphatic heterocycles. The number of amides is 2. The molecule has 0 spiro atoms. The molecule has 0 bridgehead atoms. The predicted octanol–water partition coefficient (Wildman–Crippen LogP) is 2.13. The molecule has 0 aliphatic carbocycles. The molecule has 10 heteroatoms. The number of anilines is 1. The second-order valence-electron chi connectivity index (χ2n) is 4.96. The van der Waals surface area contributed by atoms with Crippen molar-refractivity contribution in [3.05, 3.63) is 63.2 Å². The molecular weight excluding hydrogens is 364 g/mol. The zero-order valence-electron chi connectivity index (χ0n) is 13.6. The Kier molecular flexibility index (Phi) is 6.34. The lowest BCUT2D eigenvalue weighted by molar-refractivity contribution is -0.384. The monoisotopic (exact) mass is 378 g/mol. The molecule has 2 amide bonds. The number of benzene rings is 2. The smallest absolute Gasteiger partial charge is 0.293 e. The van der Waals surface area contributed by atoms with E-state index in [9.17, 15) is 19.7 Å². The molecule has 2 rings (SSSR count). The van der Waals surface area contributed by atoms with Crippen LogP contribution in [0.15, 0.2) is 42.5 Å². The number of para-hydroxylation sites is 1. The van der Waals surface area contributed by atoms with Crippen LogP contribution < -0.4 is 20.9 Å². The number of ether oxygens (including phenoxy) is 1. The van der Waals surface area contributed by atoms with Crippen molar-refractivity contribution in [2.75, 3.05) is 19.0 Å². The maximum atomic E-state index is 12.0. The number of nitrogens with zero attached hydrogens (tertiary/aromatic N) is 1. The van der Waals surface area contributed by atoms with Crippen LogP contribution >= 0.6 is 11.6 Å². The summed E-state index contributed by atoms with van der Waals surface area (Å²) in [6.07, 6.45) is 0.